The number of nitrogens with zero attached hydrogens (tertiary/aromatic N) is 3. The Hall–Kier alpha value is -2.90. The molecule has 2 amide bonds. The number of ether oxygens (including phenoxy) is 1. The normalized spacial score (nSPS) is 23.7. The first kappa shape index (κ1) is 29.6. The SMILES string of the molecule is CCCC1(c2ccc(Cl)c(Cl)c2)COC(=O)[N+](Cc2ccccc2)(N2CCC(N(C(C)=O)c3ccccc3)CC2)C1. The van der Waals surface area contributed by atoms with Crippen LogP contribution in [0.3, 0.4) is 0 Å². The van der Waals surface area contributed by atoms with E-state index in [4.69, 9.17) is 27.9 Å². The van der Waals surface area contributed by atoms with Crippen molar-refractivity contribution in [3.8, 4) is 0 Å². The fraction of sp³-hybridized carbons (Fsp3) is 0.394. The highest BCUT2D eigenvalue weighted by Gasteiger charge is 2.57. The number of piperidine rings is 1. The Kier molecular flexibility index (Phi) is 9.05. The maximum atomic E-state index is 14.0. The lowest BCUT2D eigenvalue weighted by Gasteiger charge is -2.52. The maximum Gasteiger partial charge on any atom is 0.536 e. The second-order valence-corrected chi connectivity index (χ2v) is 12.2. The topological polar surface area (TPSA) is 49.9 Å². The molecule has 0 bridgehead atoms. The summed E-state index contributed by atoms with van der Waals surface area (Å²) >= 11 is 12.8. The van der Waals surface area contributed by atoms with Gasteiger partial charge in [0.1, 0.15) is 19.7 Å². The van der Waals surface area contributed by atoms with Crippen molar-refractivity contribution in [3.05, 3.63) is 100 Å². The van der Waals surface area contributed by atoms with Gasteiger partial charge in [-0.2, -0.15) is 4.79 Å². The molecule has 216 valence electrons. The quantitative estimate of drug-likeness (QED) is 0.251. The number of carbonyl (C=O) groups is 2. The summed E-state index contributed by atoms with van der Waals surface area (Å²) in [4.78, 5) is 28.7. The summed E-state index contributed by atoms with van der Waals surface area (Å²) in [5.41, 5.74) is 2.60. The van der Waals surface area contributed by atoms with E-state index in [0.717, 1.165) is 42.5 Å². The third-order valence-corrected chi connectivity index (χ3v) is 9.38. The molecule has 8 heteroatoms. The van der Waals surface area contributed by atoms with Gasteiger partial charge < -0.3 is 9.64 Å². The van der Waals surface area contributed by atoms with E-state index in [0.29, 0.717) is 42.8 Å². The first-order valence-electron chi connectivity index (χ1n) is 14.4. The molecule has 3 aromatic rings. The van der Waals surface area contributed by atoms with Crippen molar-refractivity contribution in [1.29, 1.82) is 0 Å². The van der Waals surface area contributed by atoms with Gasteiger partial charge in [0.25, 0.3) is 0 Å². The molecule has 2 heterocycles. The summed E-state index contributed by atoms with van der Waals surface area (Å²) in [5, 5.41) is 3.29. The molecular weight excluding hydrogens is 557 g/mol. The molecule has 6 nitrogen and oxygen atoms in total. The summed E-state index contributed by atoms with van der Waals surface area (Å²) in [6.45, 7) is 6.46. The van der Waals surface area contributed by atoms with Gasteiger partial charge in [-0.15, -0.1) is 9.60 Å². The van der Waals surface area contributed by atoms with Gasteiger partial charge in [-0.05, 0) is 49.1 Å². The van der Waals surface area contributed by atoms with Gasteiger partial charge in [-0.25, -0.2) is 0 Å². The highest BCUT2D eigenvalue weighted by Crippen LogP contribution is 2.42. The van der Waals surface area contributed by atoms with E-state index in [2.05, 4.69) is 24.1 Å². The smallest absolute Gasteiger partial charge is 0.417 e. The van der Waals surface area contributed by atoms with Crippen molar-refractivity contribution in [2.45, 2.75) is 57.5 Å². The Balaban J connectivity index is 1.50. The van der Waals surface area contributed by atoms with Crippen molar-refractivity contribution >= 4 is 40.9 Å². The van der Waals surface area contributed by atoms with Crippen molar-refractivity contribution in [2.24, 2.45) is 0 Å². The number of quaternary nitrogens is 1. The number of hydrogen-bond donors (Lipinski definition) is 0. The van der Waals surface area contributed by atoms with Crippen LogP contribution in [0.1, 0.15) is 50.7 Å². The summed E-state index contributed by atoms with van der Waals surface area (Å²) in [6, 6.07) is 25.8. The van der Waals surface area contributed by atoms with Crippen molar-refractivity contribution in [1.82, 2.24) is 5.01 Å². The molecule has 0 saturated carbocycles. The molecule has 5 rings (SSSR count). The van der Waals surface area contributed by atoms with Crippen molar-refractivity contribution < 1.29 is 18.9 Å². The van der Waals surface area contributed by atoms with Gasteiger partial charge >= 0.3 is 6.09 Å². The second kappa shape index (κ2) is 12.5. The molecule has 0 N–H and O–H groups in total. The lowest BCUT2D eigenvalue weighted by atomic mass is 9.75. The molecule has 2 saturated heterocycles. The lowest BCUT2D eigenvalue weighted by molar-refractivity contribution is -0.992. The summed E-state index contributed by atoms with van der Waals surface area (Å²) in [7, 11) is 0. The highest BCUT2D eigenvalue weighted by molar-refractivity contribution is 6.42. The lowest BCUT2D eigenvalue weighted by Crippen LogP contribution is -2.72. The minimum atomic E-state index is -0.419. The third kappa shape index (κ3) is 6.02. The van der Waals surface area contributed by atoms with Crippen LogP contribution in [0.5, 0.6) is 0 Å². The first-order chi connectivity index (χ1) is 19.8. The summed E-state index contributed by atoms with van der Waals surface area (Å²) in [6.07, 6.45) is 3.05. The first-order valence-corrected chi connectivity index (χ1v) is 15.2. The Morgan fingerprint density at radius 1 is 1.00 bits per heavy atom. The predicted molar refractivity (Wildman–Crippen MR) is 164 cm³/mol. The predicted octanol–water partition coefficient (Wildman–Crippen LogP) is 7.63. The summed E-state index contributed by atoms with van der Waals surface area (Å²) < 4.78 is 6.22. The zero-order valence-corrected chi connectivity index (χ0v) is 25.3. The average Bonchev–Trinajstić information content (AvgIpc) is 2.98. The van der Waals surface area contributed by atoms with E-state index in [1.54, 1.807) is 6.92 Å². The van der Waals surface area contributed by atoms with Gasteiger partial charge in [-0.1, -0.05) is 91.1 Å². The van der Waals surface area contributed by atoms with Gasteiger partial charge in [-0.3, -0.25) is 4.79 Å². The Labute approximate surface area is 253 Å². The molecule has 2 aliphatic heterocycles. The fourth-order valence-corrected chi connectivity index (χ4v) is 7.06. The number of para-hydroxylation sites is 1. The van der Waals surface area contributed by atoms with Crippen LogP contribution >= 0.6 is 23.2 Å². The van der Waals surface area contributed by atoms with Gasteiger partial charge in [0.15, 0.2) is 0 Å². The average molecular weight is 596 g/mol. The number of rotatable bonds is 8. The Morgan fingerprint density at radius 3 is 2.27 bits per heavy atom. The van der Waals surface area contributed by atoms with Crippen molar-refractivity contribution in [3.63, 3.8) is 0 Å². The Bertz CT molecular complexity index is 1360. The van der Waals surface area contributed by atoms with Gasteiger partial charge in [0.05, 0.1) is 28.5 Å². The van der Waals surface area contributed by atoms with Crippen LogP contribution in [-0.2, 0) is 21.5 Å². The molecule has 41 heavy (non-hydrogen) atoms. The third-order valence-electron chi connectivity index (χ3n) is 8.64. The number of amides is 2. The maximum absolute atomic E-state index is 14.0. The monoisotopic (exact) mass is 594 g/mol. The minimum absolute atomic E-state index is 0.0294. The molecule has 0 radical (unpaired) electrons. The molecule has 0 spiro atoms. The molecule has 3 aromatic carbocycles. The number of anilines is 1. The number of benzene rings is 3. The number of cyclic esters (lactones) is 1. The van der Waals surface area contributed by atoms with Crippen LogP contribution in [0.2, 0.25) is 10.0 Å². The van der Waals surface area contributed by atoms with Crippen LogP contribution in [-0.4, -0.2) is 53.9 Å². The van der Waals surface area contributed by atoms with E-state index in [-0.39, 0.29) is 22.6 Å². The molecule has 2 fully saturated rings. The molecule has 0 aromatic heterocycles. The highest BCUT2D eigenvalue weighted by atomic mass is 35.5. The van der Waals surface area contributed by atoms with Crippen LogP contribution in [0.15, 0.2) is 78.9 Å². The van der Waals surface area contributed by atoms with E-state index >= 15 is 0 Å². The zero-order valence-electron chi connectivity index (χ0n) is 23.8. The minimum Gasteiger partial charge on any atom is -0.417 e. The standard InChI is InChI=1S/C33H38Cl2N3O3/c1-3-18-33(27-14-15-30(34)31(35)21-27)23-38(32(40)41-24-33,22-26-10-6-4-7-11-26)36-19-16-29(17-20-36)37(25(2)39)28-12-8-5-9-13-28/h4-15,21,29H,3,16-20,22-24H2,1-2H3/q+1. The fourth-order valence-electron chi connectivity index (χ4n) is 6.76. The van der Waals surface area contributed by atoms with Crippen molar-refractivity contribution in [2.75, 3.05) is 31.1 Å². The van der Waals surface area contributed by atoms with Crippen LogP contribution < -0.4 is 4.90 Å². The number of halogens is 2. The van der Waals surface area contributed by atoms with Crippen LogP contribution in [0.25, 0.3) is 0 Å². The second-order valence-electron chi connectivity index (χ2n) is 11.3. The molecule has 0 aliphatic carbocycles. The van der Waals surface area contributed by atoms with E-state index in [1.165, 1.54) is 0 Å². The molecule has 2 unspecified atom stereocenters. The van der Waals surface area contributed by atoms with Crippen LogP contribution in [0.4, 0.5) is 10.5 Å². The van der Waals surface area contributed by atoms with E-state index in [9.17, 15) is 9.59 Å². The van der Waals surface area contributed by atoms with Gasteiger partial charge in [0.2, 0.25) is 5.91 Å². The van der Waals surface area contributed by atoms with E-state index in [1.807, 2.05) is 71.6 Å². The number of carbonyl (C=O) groups excluding carboxylic acids is 2. The summed E-state index contributed by atoms with van der Waals surface area (Å²) in [5.74, 6) is 0.0294. The molecular formula is C33H38Cl2N3O3+. The van der Waals surface area contributed by atoms with Crippen LogP contribution in [0, 0.1) is 0 Å². The number of hydrogen-bond acceptors (Lipinski definition) is 4. The Morgan fingerprint density at radius 2 is 1.66 bits per heavy atom. The molecule has 2 atom stereocenters. The zero-order chi connectivity index (χ0) is 29.0. The van der Waals surface area contributed by atoms with Gasteiger partial charge in [0, 0.05) is 24.2 Å². The van der Waals surface area contributed by atoms with E-state index < -0.39 is 5.41 Å². The largest absolute Gasteiger partial charge is 0.536 e. The molecule has 2 aliphatic rings.